The number of anilines is 2. The minimum absolute atomic E-state index is 0.0508. The smallest absolute Gasteiger partial charge is 0.255 e. The average Bonchev–Trinajstić information content (AvgIpc) is 2.59. The van der Waals surface area contributed by atoms with Gasteiger partial charge in [-0.3, -0.25) is 4.79 Å². The van der Waals surface area contributed by atoms with Crippen LogP contribution in [0, 0.1) is 0 Å². The zero-order valence-corrected chi connectivity index (χ0v) is 16.1. The largest absolute Gasteiger partial charge is 0.340 e. The molecular formula is C20H26ClN3O. The van der Waals surface area contributed by atoms with Crippen molar-refractivity contribution in [2.75, 3.05) is 18.4 Å². The number of carbonyl (C=O) groups excluding carboxylic acids is 1. The van der Waals surface area contributed by atoms with Crippen molar-refractivity contribution in [3.05, 3.63) is 52.7 Å². The van der Waals surface area contributed by atoms with Gasteiger partial charge in [-0.1, -0.05) is 38.4 Å². The Morgan fingerprint density at radius 1 is 1.28 bits per heavy atom. The zero-order chi connectivity index (χ0) is 18.4. The maximum absolute atomic E-state index is 12.9. The highest BCUT2D eigenvalue weighted by atomic mass is 35.5. The lowest BCUT2D eigenvalue weighted by molar-refractivity contribution is 0.0762. The lowest BCUT2D eigenvalue weighted by Crippen LogP contribution is -2.32. The lowest BCUT2D eigenvalue weighted by Gasteiger charge is -2.23. The van der Waals surface area contributed by atoms with E-state index in [9.17, 15) is 4.79 Å². The van der Waals surface area contributed by atoms with Gasteiger partial charge in [-0.2, -0.15) is 0 Å². The Hall–Kier alpha value is -2.07. The third kappa shape index (κ3) is 4.95. The van der Waals surface area contributed by atoms with E-state index in [0.717, 1.165) is 24.2 Å². The molecule has 1 N–H and O–H groups in total. The maximum atomic E-state index is 12.9. The first-order valence-electron chi connectivity index (χ1n) is 8.78. The standard InChI is InChI=1S/C20H26ClN3O/c1-5-10-24(6-2)20(25)18-13-22-19(12-17(18)14(3)4)23-16-9-7-8-15(21)11-16/h7-9,11-14H,5-6,10H2,1-4H3,(H,22,23). The first kappa shape index (κ1) is 19.3. The van der Waals surface area contributed by atoms with Crippen LogP contribution >= 0.6 is 11.6 Å². The third-order valence-corrected chi connectivity index (χ3v) is 4.28. The number of halogens is 1. The van der Waals surface area contributed by atoms with Gasteiger partial charge in [0.05, 0.1) is 5.56 Å². The second kappa shape index (κ2) is 8.86. The summed E-state index contributed by atoms with van der Waals surface area (Å²) in [6, 6.07) is 9.45. The van der Waals surface area contributed by atoms with Crippen molar-refractivity contribution in [3.8, 4) is 0 Å². The second-order valence-electron chi connectivity index (χ2n) is 6.33. The number of nitrogens with zero attached hydrogens (tertiary/aromatic N) is 2. The molecule has 0 saturated carbocycles. The molecule has 5 heteroatoms. The second-order valence-corrected chi connectivity index (χ2v) is 6.77. The van der Waals surface area contributed by atoms with Gasteiger partial charge < -0.3 is 10.2 Å². The summed E-state index contributed by atoms with van der Waals surface area (Å²) >= 11 is 6.03. The van der Waals surface area contributed by atoms with Gasteiger partial charge in [-0.25, -0.2) is 4.98 Å². The molecule has 0 radical (unpaired) electrons. The first-order chi connectivity index (χ1) is 12.0. The minimum Gasteiger partial charge on any atom is -0.340 e. The van der Waals surface area contributed by atoms with E-state index in [-0.39, 0.29) is 11.8 Å². The van der Waals surface area contributed by atoms with Crippen molar-refractivity contribution in [2.24, 2.45) is 0 Å². The number of pyridine rings is 1. The van der Waals surface area contributed by atoms with Gasteiger partial charge in [0.2, 0.25) is 0 Å². The van der Waals surface area contributed by atoms with Crippen LogP contribution in [0.25, 0.3) is 0 Å². The van der Waals surface area contributed by atoms with Crippen LogP contribution in [-0.2, 0) is 0 Å². The number of hydrogen-bond donors (Lipinski definition) is 1. The number of carbonyl (C=O) groups is 1. The molecule has 0 aliphatic carbocycles. The highest BCUT2D eigenvalue weighted by molar-refractivity contribution is 6.30. The molecule has 0 fully saturated rings. The van der Waals surface area contributed by atoms with Gasteiger partial charge in [-0.15, -0.1) is 0 Å². The molecule has 2 rings (SSSR count). The molecule has 0 unspecified atom stereocenters. The van der Waals surface area contributed by atoms with Gasteiger partial charge in [0.1, 0.15) is 5.82 Å². The molecule has 2 aromatic rings. The zero-order valence-electron chi connectivity index (χ0n) is 15.3. The topological polar surface area (TPSA) is 45.2 Å². The number of hydrogen-bond acceptors (Lipinski definition) is 3. The van der Waals surface area contributed by atoms with Crippen LogP contribution in [0.5, 0.6) is 0 Å². The van der Waals surface area contributed by atoms with Crippen molar-refractivity contribution < 1.29 is 4.79 Å². The van der Waals surface area contributed by atoms with Crippen LogP contribution < -0.4 is 5.32 Å². The summed E-state index contributed by atoms with van der Waals surface area (Å²) in [5, 5.41) is 3.92. The fraction of sp³-hybridized carbons (Fsp3) is 0.400. The SMILES string of the molecule is CCCN(CC)C(=O)c1cnc(Nc2cccc(Cl)c2)cc1C(C)C. The molecule has 1 aromatic heterocycles. The summed E-state index contributed by atoms with van der Waals surface area (Å²) in [5.74, 6) is 0.984. The monoisotopic (exact) mass is 359 g/mol. The van der Waals surface area contributed by atoms with Crippen molar-refractivity contribution in [2.45, 2.75) is 40.0 Å². The van der Waals surface area contributed by atoms with Gasteiger partial charge >= 0.3 is 0 Å². The predicted molar refractivity (Wildman–Crippen MR) is 105 cm³/mol. The van der Waals surface area contributed by atoms with E-state index in [1.807, 2.05) is 42.2 Å². The fourth-order valence-corrected chi connectivity index (χ4v) is 2.94. The molecule has 134 valence electrons. The summed E-state index contributed by atoms with van der Waals surface area (Å²) < 4.78 is 0. The molecule has 1 amide bonds. The van der Waals surface area contributed by atoms with Crippen LogP contribution in [0.2, 0.25) is 5.02 Å². The summed E-state index contributed by atoms with van der Waals surface area (Å²) in [5.41, 5.74) is 2.55. The molecule has 0 bridgehead atoms. The molecule has 1 heterocycles. The van der Waals surface area contributed by atoms with Gasteiger partial charge in [-0.05, 0) is 49.1 Å². The van der Waals surface area contributed by atoms with Gasteiger partial charge in [0.25, 0.3) is 5.91 Å². The summed E-state index contributed by atoms with van der Waals surface area (Å²) in [6.07, 6.45) is 2.63. The summed E-state index contributed by atoms with van der Waals surface area (Å²) in [7, 11) is 0. The van der Waals surface area contributed by atoms with Crippen molar-refractivity contribution in [3.63, 3.8) is 0 Å². The van der Waals surface area contributed by atoms with E-state index < -0.39 is 0 Å². The van der Waals surface area contributed by atoms with E-state index >= 15 is 0 Å². The molecule has 1 aromatic carbocycles. The van der Waals surface area contributed by atoms with Crippen molar-refractivity contribution in [1.29, 1.82) is 0 Å². The highest BCUT2D eigenvalue weighted by Crippen LogP contribution is 2.25. The third-order valence-electron chi connectivity index (χ3n) is 4.05. The van der Waals surface area contributed by atoms with Crippen molar-refractivity contribution in [1.82, 2.24) is 9.88 Å². The van der Waals surface area contributed by atoms with E-state index in [1.54, 1.807) is 6.20 Å². The number of nitrogens with one attached hydrogen (secondary N) is 1. The maximum Gasteiger partial charge on any atom is 0.255 e. The Balaban J connectivity index is 2.32. The van der Waals surface area contributed by atoms with E-state index in [2.05, 4.69) is 31.1 Å². The van der Waals surface area contributed by atoms with Crippen LogP contribution in [0.15, 0.2) is 36.5 Å². The molecule has 0 atom stereocenters. The van der Waals surface area contributed by atoms with Gasteiger partial charge in [0.15, 0.2) is 0 Å². The highest BCUT2D eigenvalue weighted by Gasteiger charge is 2.20. The van der Waals surface area contributed by atoms with E-state index in [4.69, 9.17) is 11.6 Å². The molecule has 0 aliphatic rings. The average molecular weight is 360 g/mol. The summed E-state index contributed by atoms with van der Waals surface area (Å²) in [4.78, 5) is 19.2. The molecule has 0 aliphatic heterocycles. The number of aromatic nitrogens is 1. The van der Waals surface area contributed by atoms with Crippen LogP contribution in [0.4, 0.5) is 11.5 Å². The quantitative estimate of drug-likeness (QED) is 0.712. The van der Waals surface area contributed by atoms with Crippen LogP contribution in [0.1, 0.15) is 56.0 Å². The van der Waals surface area contributed by atoms with E-state index in [1.165, 1.54) is 0 Å². The van der Waals surface area contributed by atoms with Crippen LogP contribution in [0.3, 0.4) is 0 Å². The number of amides is 1. The fourth-order valence-electron chi connectivity index (χ4n) is 2.75. The lowest BCUT2D eigenvalue weighted by atomic mass is 9.98. The van der Waals surface area contributed by atoms with Crippen LogP contribution in [-0.4, -0.2) is 28.9 Å². The predicted octanol–water partition coefficient (Wildman–Crippen LogP) is 5.47. The Morgan fingerprint density at radius 3 is 2.64 bits per heavy atom. The Bertz CT molecular complexity index is 731. The van der Waals surface area contributed by atoms with Gasteiger partial charge in [0, 0.05) is 30.0 Å². The number of benzene rings is 1. The molecule has 25 heavy (non-hydrogen) atoms. The van der Waals surface area contributed by atoms with E-state index in [0.29, 0.717) is 22.9 Å². The van der Waals surface area contributed by atoms with Crippen molar-refractivity contribution >= 4 is 29.0 Å². The Kier molecular flexibility index (Phi) is 6.82. The first-order valence-corrected chi connectivity index (χ1v) is 9.15. The summed E-state index contributed by atoms with van der Waals surface area (Å²) in [6.45, 7) is 9.72. The molecular weight excluding hydrogens is 334 g/mol. The molecule has 0 saturated heterocycles. The Labute approximate surface area is 155 Å². The Morgan fingerprint density at radius 2 is 2.04 bits per heavy atom. The molecule has 0 spiro atoms. The normalized spacial score (nSPS) is 10.8. The minimum atomic E-state index is 0.0508. The molecule has 4 nitrogen and oxygen atoms in total. The number of rotatable bonds is 7.